The number of hydrogen-bond acceptors (Lipinski definition) is 5. The molecule has 0 bridgehead atoms. The minimum Gasteiger partial charge on any atom is -0.497 e. The molecule has 1 N–H and O–H groups in total. The lowest BCUT2D eigenvalue weighted by Crippen LogP contribution is -2.38. The van der Waals surface area contributed by atoms with Gasteiger partial charge in [-0.25, -0.2) is 13.1 Å². The smallest absolute Gasteiger partial charge is 0.250 e. The summed E-state index contributed by atoms with van der Waals surface area (Å²) in [6, 6.07) is 10.9. The van der Waals surface area contributed by atoms with E-state index in [1.807, 2.05) is 24.3 Å². The summed E-state index contributed by atoms with van der Waals surface area (Å²) in [4.78, 5) is 13.4. The third-order valence-electron chi connectivity index (χ3n) is 3.71. The molecule has 1 aromatic carbocycles. The van der Waals surface area contributed by atoms with Crippen LogP contribution >= 0.6 is 11.3 Å². The van der Waals surface area contributed by atoms with Crippen molar-refractivity contribution < 1.29 is 17.9 Å². The second kappa shape index (κ2) is 8.98. The van der Waals surface area contributed by atoms with Gasteiger partial charge in [-0.2, -0.15) is 0 Å². The van der Waals surface area contributed by atoms with Gasteiger partial charge < -0.3 is 9.64 Å². The van der Waals surface area contributed by atoms with Crippen LogP contribution in [0.4, 0.5) is 0 Å². The molecule has 0 saturated heterocycles. The van der Waals surface area contributed by atoms with E-state index in [1.54, 1.807) is 29.5 Å². The van der Waals surface area contributed by atoms with E-state index < -0.39 is 10.0 Å². The quantitative estimate of drug-likeness (QED) is 0.721. The Morgan fingerprint density at radius 1 is 1.20 bits per heavy atom. The maximum absolute atomic E-state index is 12.1. The summed E-state index contributed by atoms with van der Waals surface area (Å²) in [5.74, 6) is 0.707. The first-order chi connectivity index (χ1) is 11.9. The summed E-state index contributed by atoms with van der Waals surface area (Å²) < 4.78 is 32.1. The highest BCUT2D eigenvalue weighted by Crippen LogP contribution is 2.15. The van der Waals surface area contributed by atoms with Crippen molar-refractivity contribution in [3.05, 3.63) is 47.3 Å². The standard InChI is InChI=1S/C17H22N2O4S2/c1-14(20)19(11-9-15-5-7-16(23-2)8-6-15)12-10-18-25(21,22)17-4-3-13-24-17/h3-8,13,18H,9-12H2,1-2H3. The van der Waals surface area contributed by atoms with Gasteiger partial charge >= 0.3 is 0 Å². The minimum absolute atomic E-state index is 0.0798. The van der Waals surface area contributed by atoms with Gasteiger partial charge in [-0.05, 0) is 35.6 Å². The molecule has 136 valence electrons. The summed E-state index contributed by atoms with van der Waals surface area (Å²) in [6.45, 7) is 2.53. The number of methoxy groups -OCH3 is 1. The van der Waals surface area contributed by atoms with Crippen molar-refractivity contribution in [3.63, 3.8) is 0 Å². The van der Waals surface area contributed by atoms with Gasteiger partial charge in [0.2, 0.25) is 15.9 Å². The maximum atomic E-state index is 12.1. The monoisotopic (exact) mass is 382 g/mol. The van der Waals surface area contributed by atoms with E-state index >= 15 is 0 Å². The second-order valence-corrected chi connectivity index (χ2v) is 8.38. The summed E-state index contributed by atoms with van der Waals surface area (Å²) in [5, 5.41) is 1.71. The lowest BCUT2D eigenvalue weighted by atomic mass is 10.1. The highest BCUT2D eigenvalue weighted by atomic mass is 32.2. The van der Waals surface area contributed by atoms with E-state index in [0.717, 1.165) is 22.6 Å². The van der Waals surface area contributed by atoms with Gasteiger partial charge in [0.1, 0.15) is 9.96 Å². The number of hydrogen-bond donors (Lipinski definition) is 1. The Balaban J connectivity index is 1.85. The fraction of sp³-hybridized carbons (Fsp3) is 0.353. The summed E-state index contributed by atoms with van der Waals surface area (Å²) in [5.41, 5.74) is 1.09. The van der Waals surface area contributed by atoms with Crippen LogP contribution in [0.1, 0.15) is 12.5 Å². The molecule has 0 fully saturated rings. The predicted molar refractivity (Wildman–Crippen MR) is 98.5 cm³/mol. The molecule has 2 aromatic rings. The molecule has 0 atom stereocenters. The number of sulfonamides is 1. The van der Waals surface area contributed by atoms with E-state index in [0.29, 0.717) is 19.5 Å². The highest BCUT2D eigenvalue weighted by Gasteiger charge is 2.16. The number of amides is 1. The van der Waals surface area contributed by atoms with Crippen LogP contribution in [-0.2, 0) is 21.2 Å². The molecule has 0 spiro atoms. The van der Waals surface area contributed by atoms with E-state index in [2.05, 4.69) is 4.72 Å². The van der Waals surface area contributed by atoms with Crippen molar-refractivity contribution in [1.82, 2.24) is 9.62 Å². The second-order valence-electron chi connectivity index (χ2n) is 5.43. The van der Waals surface area contributed by atoms with Gasteiger partial charge in [-0.3, -0.25) is 4.79 Å². The Morgan fingerprint density at radius 3 is 2.48 bits per heavy atom. The third kappa shape index (κ3) is 5.84. The maximum Gasteiger partial charge on any atom is 0.250 e. The Kier molecular flexibility index (Phi) is 6.98. The summed E-state index contributed by atoms with van der Waals surface area (Å²) in [6.07, 6.45) is 0.696. The van der Waals surface area contributed by atoms with Gasteiger partial charge in [0, 0.05) is 26.6 Å². The first kappa shape index (κ1) is 19.4. The van der Waals surface area contributed by atoms with E-state index in [1.165, 1.54) is 6.92 Å². The van der Waals surface area contributed by atoms with E-state index in [9.17, 15) is 13.2 Å². The molecular weight excluding hydrogens is 360 g/mol. The molecule has 25 heavy (non-hydrogen) atoms. The molecule has 0 aliphatic carbocycles. The van der Waals surface area contributed by atoms with Crippen molar-refractivity contribution in [2.45, 2.75) is 17.6 Å². The zero-order chi connectivity index (χ0) is 18.3. The van der Waals surface area contributed by atoms with Gasteiger partial charge in [0.05, 0.1) is 7.11 Å². The number of benzene rings is 1. The van der Waals surface area contributed by atoms with Crippen LogP contribution in [0.5, 0.6) is 5.75 Å². The van der Waals surface area contributed by atoms with Crippen LogP contribution in [0, 0.1) is 0 Å². The van der Waals surface area contributed by atoms with Gasteiger partial charge in [-0.1, -0.05) is 18.2 Å². The van der Waals surface area contributed by atoms with E-state index in [4.69, 9.17) is 4.74 Å². The van der Waals surface area contributed by atoms with Crippen molar-refractivity contribution in [1.29, 1.82) is 0 Å². The molecule has 1 heterocycles. The van der Waals surface area contributed by atoms with Crippen LogP contribution in [0.15, 0.2) is 46.0 Å². The first-order valence-corrected chi connectivity index (χ1v) is 10.2. The number of ether oxygens (including phenoxy) is 1. The fourth-order valence-electron chi connectivity index (χ4n) is 2.29. The lowest BCUT2D eigenvalue weighted by Gasteiger charge is -2.21. The molecule has 8 heteroatoms. The normalized spacial score (nSPS) is 11.3. The average molecular weight is 383 g/mol. The molecule has 0 aliphatic rings. The molecule has 2 rings (SSSR count). The van der Waals surface area contributed by atoms with Crippen LogP contribution in [0.3, 0.4) is 0 Å². The minimum atomic E-state index is -3.50. The number of carbonyl (C=O) groups excluding carboxylic acids is 1. The molecule has 0 radical (unpaired) electrons. The number of rotatable bonds is 9. The predicted octanol–water partition coefficient (Wildman–Crippen LogP) is 2.13. The molecular formula is C17H22N2O4S2. The van der Waals surface area contributed by atoms with Crippen molar-refractivity contribution in [2.75, 3.05) is 26.7 Å². The zero-order valence-electron chi connectivity index (χ0n) is 14.3. The van der Waals surface area contributed by atoms with Crippen molar-refractivity contribution in [3.8, 4) is 5.75 Å². The largest absolute Gasteiger partial charge is 0.497 e. The molecule has 1 amide bonds. The van der Waals surface area contributed by atoms with Gasteiger partial charge in [0.15, 0.2) is 0 Å². The molecule has 0 aliphatic heterocycles. The highest BCUT2D eigenvalue weighted by molar-refractivity contribution is 7.91. The Labute approximate surface area is 152 Å². The van der Waals surface area contributed by atoms with Gasteiger partial charge in [0.25, 0.3) is 0 Å². The summed E-state index contributed by atoms with van der Waals surface area (Å²) in [7, 11) is -1.88. The number of carbonyl (C=O) groups is 1. The van der Waals surface area contributed by atoms with Gasteiger partial charge in [-0.15, -0.1) is 11.3 Å². The topological polar surface area (TPSA) is 75.7 Å². The zero-order valence-corrected chi connectivity index (χ0v) is 15.9. The molecule has 1 aromatic heterocycles. The summed E-state index contributed by atoms with van der Waals surface area (Å²) >= 11 is 1.16. The van der Waals surface area contributed by atoms with Crippen LogP contribution in [0.25, 0.3) is 0 Å². The first-order valence-electron chi connectivity index (χ1n) is 7.84. The fourth-order valence-corrected chi connectivity index (χ4v) is 4.34. The third-order valence-corrected chi connectivity index (χ3v) is 6.57. The average Bonchev–Trinajstić information content (AvgIpc) is 3.13. The Hall–Kier alpha value is -1.90. The SMILES string of the molecule is COc1ccc(CCN(CCNS(=O)(=O)c2cccs2)C(C)=O)cc1. The number of nitrogens with zero attached hydrogens (tertiary/aromatic N) is 1. The number of nitrogens with one attached hydrogen (secondary N) is 1. The molecule has 0 unspecified atom stereocenters. The number of thiophene rings is 1. The van der Waals surface area contributed by atoms with E-state index in [-0.39, 0.29) is 16.7 Å². The Morgan fingerprint density at radius 2 is 1.92 bits per heavy atom. The van der Waals surface area contributed by atoms with Crippen LogP contribution < -0.4 is 9.46 Å². The molecule has 6 nitrogen and oxygen atoms in total. The Bertz CT molecular complexity index is 771. The van der Waals surface area contributed by atoms with Crippen LogP contribution in [-0.4, -0.2) is 46.0 Å². The molecule has 0 saturated carbocycles. The van der Waals surface area contributed by atoms with Crippen LogP contribution in [0.2, 0.25) is 0 Å². The van der Waals surface area contributed by atoms with Crippen molar-refractivity contribution in [2.24, 2.45) is 0 Å². The lowest BCUT2D eigenvalue weighted by molar-refractivity contribution is -0.128. The van der Waals surface area contributed by atoms with Crippen molar-refractivity contribution >= 4 is 27.3 Å².